The molecule has 0 saturated carbocycles. The first-order valence-corrected chi connectivity index (χ1v) is 5.46. The van der Waals surface area contributed by atoms with Crippen molar-refractivity contribution in [1.29, 1.82) is 0 Å². The van der Waals surface area contributed by atoms with E-state index < -0.39 is 0 Å². The molecule has 0 aliphatic heterocycles. The highest BCUT2D eigenvalue weighted by Gasteiger charge is 2.05. The number of hydrogen-bond donors (Lipinski definition) is 0. The van der Waals surface area contributed by atoms with Gasteiger partial charge in [0.05, 0.1) is 27.1 Å². The second-order valence-corrected chi connectivity index (χ2v) is 3.74. The van der Waals surface area contributed by atoms with Gasteiger partial charge in [-0.1, -0.05) is 6.07 Å². The maximum Gasteiger partial charge on any atom is 0.253 e. The normalized spacial score (nSPS) is 10.1. The zero-order valence-electron chi connectivity index (χ0n) is 10.3. The molecule has 0 unspecified atom stereocenters. The van der Waals surface area contributed by atoms with Crippen molar-refractivity contribution in [3.05, 3.63) is 52.7 Å². The molecule has 1 aromatic carbocycles. The summed E-state index contributed by atoms with van der Waals surface area (Å²) < 4.78 is 11.9. The molecule has 0 aliphatic carbocycles. The molecule has 94 valence electrons. The largest absolute Gasteiger partial charge is 0.493 e. The molecule has 0 saturated heterocycles. The molecular formula is C13H14N2O3. The quantitative estimate of drug-likeness (QED) is 0.816. The molecule has 1 aromatic heterocycles. The van der Waals surface area contributed by atoms with Crippen molar-refractivity contribution in [2.75, 3.05) is 14.2 Å². The summed E-state index contributed by atoms with van der Waals surface area (Å²) in [7, 11) is 3.17. The molecular weight excluding hydrogens is 232 g/mol. The first-order valence-electron chi connectivity index (χ1n) is 5.46. The lowest BCUT2D eigenvalue weighted by molar-refractivity contribution is 0.354. The van der Waals surface area contributed by atoms with Crippen molar-refractivity contribution in [2.45, 2.75) is 6.54 Å². The Labute approximate surface area is 105 Å². The average molecular weight is 246 g/mol. The van der Waals surface area contributed by atoms with Crippen LogP contribution in [0.5, 0.6) is 11.5 Å². The number of hydrogen-bond acceptors (Lipinski definition) is 4. The van der Waals surface area contributed by atoms with Gasteiger partial charge in [0, 0.05) is 12.3 Å². The topological polar surface area (TPSA) is 53.4 Å². The second kappa shape index (κ2) is 5.35. The predicted molar refractivity (Wildman–Crippen MR) is 67.1 cm³/mol. The maximum absolute atomic E-state index is 11.6. The van der Waals surface area contributed by atoms with Crippen LogP contribution in [0.15, 0.2) is 41.6 Å². The van der Waals surface area contributed by atoms with Gasteiger partial charge < -0.3 is 9.47 Å². The highest BCUT2D eigenvalue weighted by atomic mass is 16.5. The van der Waals surface area contributed by atoms with Crippen LogP contribution in [0.3, 0.4) is 0 Å². The summed E-state index contributed by atoms with van der Waals surface area (Å²) in [6, 6.07) is 6.98. The van der Waals surface area contributed by atoms with Gasteiger partial charge in [-0.3, -0.25) is 9.36 Å². The van der Waals surface area contributed by atoms with E-state index in [9.17, 15) is 4.79 Å². The fraction of sp³-hybridized carbons (Fsp3) is 0.231. The van der Waals surface area contributed by atoms with Crippen LogP contribution in [-0.2, 0) is 6.54 Å². The Morgan fingerprint density at radius 2 is 1.94 bits per heavy atom. The first-order chi connectivity index (χ1) is 8.74. The van der Waals surface area contributed by atoms with Gasteiger partial charge in [-0.05, 0) is 17.7 Å². The van der Waals surface area contributed by atoms with Crippen molar-refractivity contribution in [1.82, 2.24) is 9.55 Å². The van der Waals surface area contributed by atoms with Gasteiger partial charge >= 0.3 is 0 Å². The molecule has 2 aromatic rings. The van der Waals surface area contributed by atoms with Gasteiger partial charge in [-0.25, -0.2) is 4.98 Å². The Morgan fingerprint density at radius 1 is 1.17 bits per heavy atom. The van der Waals surface area contributed by atoms with Crippen LogP contribution in [0.4, 0.5) is 0 Å². The zero-order chi connectivity index (χ0) is 13.0. The molecule has 0 N–H and O–H groups in total. The minimum Gasteiger partial charge on any atom is -0.493 e. The Morgan fingerprint density at radius 3 is 2.61 bits per heavy atom. The fourth-order valence-electron chi connectivity index (χ4n) is 1.67. The molecule has 0 radical (unpaired) electrons. The number of nitrogens with zero attached hydrogens (tertiary/aromatic N) is 2. The van der Waals surface area contributed by atoms with Gasteiger partial charge in [0.1, 0.15) is 0 Å². The summed E-state index contributed by atoms with van der Waals surface area (Å²) in [5, 5.41) is 0. The SMILES string of the molecule is COc1ccc(Cn2cnccc2=O)cc1OC. The molecule has 0 fully saturated rings. The summed E-state index contributed by atoms with van der Waals surface area (Å²) in [5.74, 6) is 1.31. The first kappa shape index (κ1) is 12.2. The standard InChI is InChI=1S/C13H14N2O3/c1-17-11-4-3-10(7-12(11)18-2)8-15-9-14-6-5-13(15)16/h3-7,9H,8H2,1-2H3. The van der Waals surface area contributed by atoms with Crippen LogP contribution in [-0.4, -0.2) is 23.8 Å². The Bertz CT molecular complexity index is 593. The van der Waals surface area contributed by atoms with Crippen LogP contribution >= 0.6 is 0 Å². The van der Waals surface area contributed by atoms with Crippen molar-refractivity contribution >= 4 is 0 Å². The van der Waals surface area contributed by atoms with Crippen molar-refractivity contribution < 1.29 is 9.47 Å². The van der Waals surface area contributed by atoms with E-state index >= 15 is 0 Å². The number of ether oxygens (including phenoxy) is 2. The van der Waals surface area contributed by atoms with Gasteiger partial charge in [-0.15, -0.1) is 0 Å². The third-order valence-corrected chi connectivity index (χ3v) is 2.59. The Balaban J connectivity index is 2.30. The van der Waals surface area contributed by atoms with E-state index in [0.717, 1.165) is 5.56 Å². The van der Waals surface area contributed by atoms with E-state index in [4.69, 9.17) is 9.47 Å². The van der Waals surface area contributed by atoms with E-state index in [2.05, 4.69) is 4.98 Å². The number of methoxy groups -OCH3 is 2. The zero-order valence-corrected chi connectivity index (χ0v) is 10.3. The highest BCUT2D eigenvalue weighted by molar-refractivity contribution is 5.42. The van der Waals surface area contributed by atoms with Crippen molar-refractivity contribution in [3.63, 3.8) is 0 Å². The number of benzene rings is 1. The van der Waals surface area contributed by atoms with Crippen LogP contribution in [0, 0.1) is 0 Å². The van der Waals surface area contributed by atoms with E-state index in [1.165, 1.54) is 23.2 Å². The molecule has 5 nitrogen and oxygen atoms in total. The summed E-state index contributed by atoms with van der Waals surface area (Å²) in [5.41, 5.74) is 0.863. The molecule has 0 aliphatic rings. The van der Waals surface area contributed by atoms with Gasteiger partial charge in [-0.2, -0.15) is 0 Å². The van der Waals surface area contributed by atoms with Gasteiger partial charge in [0.15, 0.2) is 11.5 Å². The summed E-state index contributed by atoms with van der Waals surface area (Å²) >= 11 is 0. The lowest BCUT2D eigenvalue weighted by Gasteiger charge is -2.10. The molecule has 1 heterocycles. The minimum absolute atomic E-state index is 0.0835. The van der Waals surface area contributed by atoms with Crippen LogP contribution in [0.25, 0.3) is 0 Å². The van der Waals surface area contributed by atoms with Crippen LogP contribution in [0.1, 0.15) is 5.56 Å². The molecule has 0 amide bonds. The highest BCUT2D eigenvalue weighted by Crippen LogP contribution is 2.27. The van der Waals surface area contributed by atoms with Crippen molar-refractivity contribution in [3.8, 4) is 11.5 Å². The number of rotatable bonds is 4. The van der Waals surface area contributed by atoms with Gasteiger partial charge in [0.2, 0.25) is 0 Å². The van der Waals surface area contributed by atoms with Crippen molar-refractivity contribution in [2.24, 2.45) is 0 Å². The van der Waals surface area contributed by atoms with E-state index in [1.807, 2.05) is 18.2 Å². The molecule has 5 heteroatoms. The summed E-state index contributed by atoms with van der Waals surface area (Å²) in [6.45, 7) is 0.451. The number of aromatic nitrogens is 2. The van der Waals surface area contributed by atoms with E-state index in [0.29, 0.717) is 18.0 Å². The van der Waals surface area contributed by atoms with E-state index in [-0.39, 0.29) is 5.56 Å². The van der Waals surface area contributed by atoms with E-state index in [1.54, 1.807) is 14.2 Å². The predicted octanol–water partition coefficient (Wildman–Crippen LogP) is 1.31. The van der Waals surface area contributed by atoms with Crippen LogP contribution < -0.4 is 15.0 Å². The molecule has 0 atom stereocenters. The van der Waals surface area contributed by atoms with Gasteiger partial charge in [0.25, 0.3) is 5.56 Å². The molecule has 0 bridgehead atoms. The summed E-state index contributed by atoms with van der Waals surface area (Å²) in [6.07, 6.45) is 2.99. The summed E-state index contributed by atoms with van der Waals surface area (Å²) in [4.78, 5) is 15.5. The smallest absolute Gasteiger partial charge is 0.253 e. The fourth-order valence-corrected chi connectivity index (χ4v) is 1.67. The monoisotopic (exact) mass is 246 g/mol. The molecule has 18 heavy (non-hydrogen) atoms. The van der Waals surface area contributed by atoms with Crippen LogP contribution in [0.2, 0.25) is 0 Å². The third-order valence-electron chi connectivity index (χ3n) is 2.59. The second-order valence-electron chi connectivity index (χ2n) is 3.74. The Hall–Kier alpha value is -2.30. The molecule has 2 rings (SSSR count). The average Bonchev–Trinajstić information content (AvgIpc) is 2.41. The lowest BCUT2D eigenvalue weighted by atomic mass is 10.2. The lowest BCUT2D eigenvalue weighted by Crippen LogP contribution is -2.19. The molecule has 0 spiro atoms. The third kappa shape index (κ3) is 2.51. The Kier molecular flexibility index (Phi) is 3.62. The minimum atomic E-state index is -0.0835. The maximum atomic E-state index is 11.6.